The summed E-state index contributed by atoms with van der Waals surface area (Å²) < 4.78 is 2.12. The lowest BCUT2D eigenvalue weighted by molar-refractivity contribution is 0.186. The van der Waals surface area contributed by atoms with Crippen LogP contribution in [0.3, 0.4) is 0 Å². The Morgan fingerprint density at radius 3 is 2.40 bits per heavy atom. The molecule has 1 aliphatic carbocycles. The normalized spacial score (nSPS) is 18.5. The molecule has 4 aromatic rings. The highest BCUT2D eigenvalue weighted by atomic mass is 35.5. The molecule has 42 heavy (non-hydrogen) atoms. The van der Waals surface area contributed by atoms with E-state index in [-0.39, 0.29) is 21.9 Å². The molecule has 5 heterocycles. The van der Waals surface area contributed by atoms with Crippen molar-refractivity contribution in [3.63, 3.8) is 0 Å². The molecular weight excluding hydrogens is 557 g/mol. The van der Waals surface area contributed by atoms with E-state index in [4.69, 9.17) is 32.3 Å². The van der Waals surface area contributed by atoms with Gasteiger partial charge in [-0.1, -0.05) is 29.4 Å². The highest BCUT2D eigenvalue weighted by Crippen LogP contribution is 2.50. The molecule has 0 unspecified atom stereocenters. The summed E-state index contributed by atoms with van der Waals surface area (Å²) in [6.45, 7) is 3.85. The molecule has 6 rings (SSSR count). The van der Waals surface area contributed by atoms with Crippen LogP contribution in [-0.2, 0) is 6.42 Å². The standard InChI is InChI=1S/C26H35B6ClN8S/c1-14-19(42-17-4-8-36-21(18(17)33)41(25(27,28)29)26(30,31)32)22-37-9-12-40(22)23(38-14)39-10-5-24(6-11-39)13-16-15(20(24)34)3-2-7-35-16/h2-4,7-9,12,20H,5-6,10-11,13,27-32,34H2,1H3/t20-/m1/s1. The Hall–Kier alpha value is -2.49. The lowest BCUT2D eigenvalue weighted by Gasteiger charge is -2.48. The largest absolute Gasteiger partial charge is 0.391 e. The Morgan fingerprint density at radius 2 is 1.74 bits per heavy atom. The molecule has 1 aliphatic heterocycles. The number of hydrogen-bond acceptors (Lipinski definition) is 8. The van der Waals surface area contributed by atoms with Gasteiger partial charge in [0.25, 0.3) is 0 Å². The third-order valence-corrected chi connectivity index (χ3v) is 10.5. The van der Waals surface area contributed by atoms with Crippen LogP contribution in [0, 0.1) is 12.3 Å². The van der Waals surface area contributed by atoms with Gasteiger partial charge in [-0.2, -0.15) is 0 Å². The molecule has 0 amide bonds. The van der Waals surface area contributed by atoms with E-state index in [0.29, 0.717) is 5.02 Å². The van der Waals surface area contributed by atoms with Crippen LogP contribution in [-0.4, -0.2) is 95.0 Å². The Balaban J connectivity index is 1.29. The van der Waals surface area contributed by atoms with Crippen LogP contribution in [0.25, 0.3) is 5.65 Å². The maximum atomic E-state index is 7.11. The van der Waals surface area contributed by atoms with Gasteiger partial charge < -0.3 is 15.5 Å². The highest BCUT2D eigenvalue weighted by molar-refractivity contribution is 7.99. The topological polar surface area (TPSA) is 88.5 Å². The van der Waals surface area contributed by atoms with Gasteiger partial charge >= 0.3 is 0 Å². The minimum Gasteiger partial charge on any atom is -0.391 e. The minimum absolute atomic E-state index is 0.0348. The van der Waals surface area contributed by atoms with Crippen molar-refractivity contribution in [3.8, 4) is 0 Å². The van der Waals surface area contributed by atoms with Gasteiger partial charge in [0, 0.05) is 54.5 Å². The number of aryl methyl sites for hydroxylation is 1. The zero-order valence-electron chi connectivity index (χ0n) is 25.6. The van der Waals surface area contributed by atoms with E-state index in [1.165, 1.54) is 5.56 Å². The Morgan fingerprint density at radius 1 is 1.02 bits per heavy atom. The fraction of sp³-hybridized carbons (Fsp3) is 0.385. The van der Waals surface area contributed by atoms with E-state index in [9.17, 15) is 0 Å². The number of aromatic nitrogens is 5. The van der Waals surface area contributed by atoms with Gasteiger partial charge in [-0.05, 0) is 59.8 Å². The predicted molar refractivity (Wildman–Crippen MR) is 189 cm³/mol. The first-order chi connectivity index (χ1) is 19.8. The van der Waals surface area contributed by atoms with Crippen molar-refractivity contribution in [1.82, 2.24) is 24.3 Å². The fourth-order valence-corrected chi connectivity index (χ4v) is 8.37. The van der Waals surface area contributed by atoms with Crippen molar-refractivity contribution >= 4 is 87.9 Å². The molecule has 0 aromatic carbocycles. The monoisotopic (exact) mass is 592 g/mol. The molecule has 2 aliphatic rings. The van der Waals surface area contributed by atoms with E-state index in [1.807, 2.05) is 36.9 Å². The highest BCUT2D eigenvalue weighted by Gasteiger charge is 2.47. The first-order valence-electron chi connectivity index (χ1n) is 14.7. The number of pyridine rings is 2. The maximum Gasteiger partial charge on any atom is 0.211 e. The molecule has 2 N–H and O–H groups in total. The summed E-state index contributed by atoms with van der Waals surface area (Å²) >= 11 is 8.71. The summed E-state index contributed by atoms with van der Waals surface area (Å²) in [5, 5.41) is 0.315. The average molecular weight is 592 g/mol. The van der Waals surface area contributed by atoms with Gasteiger partial charge in [0.1, 0.15) is 52.9 Å². The maximum absolute atomic E-state index is 7.11. The van der Waals surface area contributed by atoms with E-state index >= 15 is 0 Å². The van der Waals surface area contributed by atoms with Crippen LogP contribution in [0.1, 0.15) is 35.8 Å². The molecule has 0 saturated carbocycles. The summed E-state index contributed by atoms with van der Waals surface area (Å²) in [6.07, 6.45) is 10.6. The van der Waals surface area contributed by atoms with Crippen LogP contribution in [0.5, 0.6) is 0 Å². The SMILES string of the molecule is BC(B)(B)N(c1nccc(Sc2c(C)nc(N3CCC4(CC3)Cc3ncccc3[C@H]4N)n3ccnc23)c1Cl)C(B)(B)B. The van der Waals surface area contributed by atoms with Gasteiger partial charge in [0.2, 0.25) is 5.95 Å². The van der Waals surface area contributed by atoms with Crippen molar-refractivity contribution in [2.24, 2.45) is 11.1 Å². The van der Waals surface area contributed by atoms with Crippen molar-refractivity contribution in [2.75, 3.05) is 22.9 Å². The van der Waals surface area contributed by atoms with Crippen LogP contribution >= 0.6 is 23.4 Å². The molecule has 16 heteroatoms. The molecule has 0 bridgehead atoms. The van der Waals surface area contributed by atoms with Crippen LogP contribution in [0.4, 0.5) is 11.8 Å². The van der Waals surface area contributed by atoms with Crippen LogP contribution in [0.15, 0.2) is 52.8 Å². The summed E-state index contributed by atoms with van der Waals surface area (Å²) in [5.41, 5.74) is 11.1. The third kappa shape index (κ3) is 5.05. The molecule has 1 fully saturated rings. The summed E-state index contributed by atoms with van der Waals surface area (Å²) in [4.78, 5) is 25.9. The smallest absolute Gasteiger partial charge is 0.211 e. The Labute approximate surface area is 262 Å². The number of anilines is 2. The third-order valence-electron chi connectivity index (χ3n) is 8.74. The van der Waals surface area contributed by atoms with Crippen molar-refractivity contribution in [1.29, 1.82) is 0 Å². The Kier molecular flexibility index (Phi) is 7.46. The number of fused-ring (bicyclic) bond motifs is 2. The second-order valence-corrected chi connectivity index (χ2v) is 15.1. The van der Waals surface area contributed by atoms with Gasteiger partial charge in [-0.25, -0.2) is 15.0 Å². The summed E-state index contributed by atoms with van der Waals surface area (Å²) in [6, 6.07) is 6.16. The van der Waals surface area contributed by atoms with E-state index in [2.05, 4.69) is 79.3 Å². The second-order valence-electron chi connectivity index (χ2n) is 13.7. The number of nitrogens with two attached hydrogens (primary N) is 1. The van der Waals surface area contributed by atoms with Gasteiger partial charge in [0.05, 0.1) is 15.6 Å². The molecule has 1 spiro atoms. The van der Waals surface area contributed by atoms with E-state index in [1.54, 1.807) is 11.8 Å². The van der Waals surface area contributed by atoms with Crippen molar-refractivity contribution in [3.05, 3.63) is 65.0 Å². The fourth-order valence-electron chi connectivity index (χ4n) is 7.09. The van der Waals surface area contributed by atoms with Crippen LogP contribution in [0.2, 0.25) is 5.02 Å². The number of rotatable bonds is 6. The molecule has 1 atom stereocenters. The first kappa shape index (κ1) is 29.6. The van der Waals surface area contributed by atoms with Gasteiger partial charge in [-0.3, -0.25) is 9.38 Å². The summed E-state index contributed by atoms with van der Waals surface area (Å²) in [5.74, 6) is 1.71. The number of nitrogens with zero attached hydrogens (tertiary/aromatic N) is 7. The lowest BCUT2D eigenvalue weighted by atomic mass is 9.40. The first-order valence-corrected chi connectivity index (χ1v) is 15.9. The minimum atomic E-state index is -0.164. The van der Waals surface area contributed by atoms with Gasteiger partial charge in [0.15, 0.2) is 5.65 Å². The molecule has 1 saturated heterocycles. The lowest BCUT2D eigenvalue weighted by Crippen LogP contribution is -2.64. The zero-order valence-corrected chi connectivity index (χ0v) is 27.2. The Bertz CT molecular complexity index is 1640. The summed E-state index contributed by atoms with van der Waals surface area (Å²) in [7, 11) is 13.1. The second kappa shape index (κ2) is 10.6. The predicted octanol–water partition coefficient (Wildman–Crippen LogP) is -1.70. The molecule has 210 valence electrons. The molecular formula is C26H35B6ClN8S. The molecule has 8 nitrogen and oxygen atoms in total. The van der Waals surface area contributed by atoms with Crippen molar-refractivity contribution < 1.29 is 0 Å². The number of piperidine rings is 1. The average Bonchev–Trinajstić information content (AvgIpc) is 3.50. The molecule has 0 radical (unpaired) electrons. The zero-order chi connectivity index (χ0) is 30.0. The number of imidazole rings is 1. The van der Waals surface area contributed by atoms with Crippen molar-refractivity contribution in [2.45, 2.75) is 52.5 Å². The van der Waals surface area contributed by atoms with E-state index < -0.39 is 0 Å². The quantitative estimate of drug-likeness (QED) is 0.266. The van der Waals surface area contributed by atoms with E-state index in [0.717, 1.165) is 70.9 Å². The molecule has 4 aromatic heterocycles. The van der Waals surface area contributed by atoms with Gasteiger partial charge in [-0.15, -0.1) is 0 Å². The number of halogens is 1. The number of hydrogen-bond donors (Lipinski definition) is 1. The van der Waals surface area contributed by atoms with Crippen LogP contribution < -0.4 is 15.5 Å².